The van der Waals surface area contributed by atoms with E-state index in [-0.39, 0.29) is 5.91 Å². The fraction of sp³-hybridized carbons (Fsp3) is 0.533. The summed E-state index contributed by atoms with van der Waals surface area (Å²) >= 11 is 1.78. The maximum absolute atomic E-state index is 11.3. The molecule has 1 heterocycles. The third-order valence-electron chi connectivity index (χ3n) is 3.08. The summed E-state index contributed by atoms with van der Waals surface area (Å²) in [6, 6.07) is 4.74. The molecule has 0 spiro atoms. The Kier molecular flexibility index (Phi) is 7.24. The van der Waals surface area contributed by atoms with Crippen LogP contribution in [-0.2, 0) is 11.3 Å². The van der Waals surface area contributed by atoms with Crippen LogP contribution in [0.15, 0.2) is 17.5 Å². The van der Waals surface area contributed by atoms with Crippen LogP contribution in [0.5, 0.6) is 0 Å². The highest BCUT2D eigenvalue weighted by Crippen LogP contribution is 2.14. The van der Waals surface area contributed by atoms with Gasteiger partial charge < -0.3 is 5.32 Å². The van der Waals surface area contributed by atoms with Crippen LogP contribution in [0.1, 0.15) is 32.1 Å². The number of nitrogens with one attached hydrogen (secondary N) is 1. The SMILES string of the molecule is CC#CC(=O)NCCN(Cc1cccs1)C(C)CC. The molecule has 0 aliphatic carbocycles. The van der Waals surface area contributed by atoms with Crippen molar-refractivity contribution in [1.29, 1.82) is 0 Å². The molecule has 0 saturated carbocycles. The van der Waals surface area contributed by atoms with Crippen LogP contribution in [0.3, 0.4) is 0 Å². The van der Waals surface area contributed by atoms with Gasteiger partial charge in [0.15, 0.2) is 0 Å². The van der Waals surface area contributed by atoms with E-state index in [0.29, 0.717) is 12.6 Å². The van der Waals surface area contributed by atoms with Crippen LogP contribution in [0.4, 0.5) is 0 Å². The Morgan fingerprint density at radius 2 is 2.37 bits per heavy atom. The third-order valence-corrected chi connectivity index (χ3v) is 3.94. The van der Waals surface area contributed by atoms with Crippen molar-refractivity contribution in [2.24, 2.45) is 0 Å². The second-order valence-electron chi connectivity index (χ2n) is 4.44. The summed E-state index contributed by atoms with van der Waals surface area (Å²) < 4.78 is 0. The van der Waals surface area contributed by atoms with Gasteiger partial charge in [-0.15, -0.1) is 11.3 Å². The minimum atomic E-state index is -0.192. The van der Waals surface area contributed by atoms with Crippen molar-refractivity contribution in [3.63, 3.8) is 0 Å². The summed E-state index contributed by atoms with van der Waals surface area (Å²) in [6.45, 7) is 8.52. The quantitative estimate of drug-likeness (QED) is 0.777. The minimum Gasteiger partial charge on any atom is -0.344 e. The number of nitrogens with zero attached hydrogens (tertiary/aromatic N) is 1. The summed E-state index contributed by atoms with van der Waals surface area (Å²) in [7, 11) is 0. The molecule has 0 bridgehead atoms. The van der Waals surface area contributed by atoms with Gasteiger partial charge in [-0.2, -0.15) is 0 Å². The van der Waals surface area contributed by atoms with E-state index in [2.05, 4.69) is 53.4 Å². The maximum atomic E-state index is 11.3. The Morgan fingerprint density at radius 1 is 1.58 bits per heavy atom. The Bertz CT molecular complexity index is 431. The van der Waals surface area contributed by atoms with E-state index < -0.39 is 0 Å². The third kappa shape index (κ3) is 5.91. The van der Waals surface area contributed by atoms with Crippen LogP contribution in [-0.4, -0.2) is 29.9 Å². The van der Waals surface area contributed by atoms with Crippen LogP contribution < -0.4 is 5.32 Å². The van der Waals surface area contributed by atoms with Crippen LogP contribution in [0.25, 0.3) is 0 Å². The first-order valence-electron chi connectivity index (χ1n) is 6.64. The van der Waals surface area contributed by atoms with E-state index in [0.717, 1.165) is 19.5 Å². The van der Waals surface area contributed by atoms with Crippen molar-refractivity contribution in [3.05, 3.63) is 22.4 Å². The van der Waals surface area contributed by atoms with Crippen molar-refractivity contribution in [2.45, 2.75) is 39.8 Å². The van der Waals surface area contributed by atoms with Crippen molar-refractivity contribution in [3.8, 4) is 11.8 Å². The van der Waals surface area contributed by atoms with Gasteiger partial charge in [0.05, 0.1) is 0 Å². The van der Waals surface area contributed by atoms with Gasteiger partial charge in [0.1, 0.15) is 0 Å². The second kappa shape index (κ2) is 8.73. The highest BCUT2D eigenvalue weighted by molar-refractivity contribution is 7.09. The van der Waals surface area contributed by atoms with Gasteiger partial charge in [-0.1, -0.05) is 18.9 Å². The zero-order valence-electron chi connectivity index (χ0n) is 11.9. The van der Waals surface area contributed by atoms with E-state index >= 15 is 0 Å². The van der Waals surface area contributed by atoms with Gasteiger partial charge in [0.2, 0.25) is 0 Å². The largest absolute Gasteiger partial charge is 0.344 e. The van der Waals surface area contributed by atoms with Crippen molar-refractivity contribution in [2.75, 3.05) is 13.1 Å². The molecule has 104 valence electrons. The number of amides is 1. The van der Waals surface area contributed by atoms with Gasteiger partial charge in [-0.3, -0.25) is 9.69 Å². The number of hydrogen-bond acceptors (Lipinski definition) is 3. The fourth-order valence-electron chi connectivity index (χ4n) is 1.79. The Morgan fingerprint density at radius 3 is 2.95 bits per heavy atom. The first-order valence-corrected chi connectivity index (χ1v) is 7.52. The predicted molar refractivity (Wildman–Crippen MR) is 80.9 cm³/mol. The maximum Gasteiger partial charge on any atom is 0.295 e. The normalized spacial score (nSPS) is 11.8. The van der Waals surface area contributed by atoms with Crippen molar-refractivity contribution in [1.82, 2.24) is 10.2 Å². The summed E-state index contributed by atoms with van der Waals surface area (Å²) in [5, 5.41) is 4.92. The summed E-state index contributed by atoms with van der Waals surface area (Å²) in [5.74, 6) is 4.90. The molecule has 0 saturated heterocycles. The van der Waals surface area contributed by atoms with Crippen LogP contribution >= 0.6 is 11.3 Å². The molecule has 1 unspecified atom stereocenters. The monoisotopic (exact) mass is 278 g/mol. The smallest absolute Gasteiger partial charge is 0.295 e. The molecule has 1 atom stereocenters. The highest BCUT2D eigenvalue weighted by Gasteiger charge is 2.13. The number of thiophene rings is 1. The van der Waals surface area contributed by atoms with Crippen LogP contribution in [0.2, 0.25) is 0 Å². The number of carbonyl (C=O) groups is 1. The molecule has 1 rings (SSSR count). The van der Waals surface area contributed by atoms with Gasteiger partial charge in [-0.05, 0) is 37.6 Å². The van der Waals surface area contributed by atoms with Crippen molar-refractivity contribution < 1.29 is 4.79 Å². The molecule has 19 heavy (non-hydrogen) atoms. The molecule has 0 aliphatic rings. The van der Waals surface area contributed by atoms with E-state index in [1.807, 2.05) is 0 Å². The lowest BCUT2D eigenvalue weighted by molar-refractivity contribution is -0.115. The van der Waals surface area contributed by atoms with Gasteiger partial charge >= 0.3 is 0 Å². The van der Waals surface area contributed by atoms with Gasteiger partial charge in [-0.25, -0.2) is 0 Å². The average Bonchev–Trinajstić information content (AvgIpc) is 2.90. The lowest BCUT2D eigenvalue weighted by atomic mass is 10.2. The van der Waals surface area contributed by atoms with Gasteiger partial charge in [0.25, 0.3) is 5.91 Å². The van der Waals surface area contributed by atoms with E-state index in [1.54, 1.807) is 18.3 Å². The predicted octanol–water partition coefficient (Wildman–Crippen LogP) is 2.49. The Balaban J connectivity index is 2.45. The zero-order chi connectivity index (χ0) is 14.1. The molecule has 0 fully saturated rings. The van der Waals surface area contributed by atoms with Crippen LogP contribution in [0, 0.1) is 11.8 Å². The highest BCUT2D eigenvalue weighted by atomic mass is 32.1. The van der Waals surface area contributed by atoms with Gasteiger partial charge in [0, 0.05) is 30.6 Å². The number of carbonyl (C=O) groups excluding carboxylic acids is 1. The molecule has 0 aliphatic heterocycles. The molecule has 4 heteroatoms. The Hall–Kier alpha value is -1.31. The summed E-state index contributed by atoms with van der Waals surface area (Å²) in [6.07, 6.45) is 1.11. The lowest BCUT2D eigenvalue weighted by Crippen LogP contribution is -2.38. The van der Waals surface area contributed by atoms with E-state index in [1.165, 1.54) is 4.88 Å². The van der Waals surface area contributed by atoms with E-state index in [4.69, 9.17) is 0 Å². The molecule has 0 aromatic carbocycles. The fourth-order valence-corrected chi connectivity index (χ4v) is 2.52. The Labute approximate surface area is 120 Å². The summed E-state index contributed by atoms with van der Waals surface area (Å²) in [5.41, 5.74) is 0. The second-order valence-corrected chi connectivity index (χ2v) is 5.47. The molecule has 3 nitrogen and oxygen atoms in total. The molecule has 1 aromatic rings. The van der Waals surface area contributed by atoms with Crippen molar-refractivity contribution >= 4 is 17.2 Å². The molecule has 1 aromatic heterocycles. The molecular formula is C15H22N2OS. The molecule has 1 amide bonds. The minimum absolute atomic E-state index is 0.192. The standard InChI is InChI=1S/C15H22N2OS/c1-4-7-15(18)16-9-10-17(13(3)5-2)12-14-8-6-11-19-14/h6,8,11,13H,5,9-10,12H2,1-3H3,(H,16,18). The van der Waals surface area contributed by atoms with E-state index in [9.17, 15) is 4.79 Å². The number of hydrogen-bond donors (Lipinski definition) is 1. The first-order chi connectivity index (χ1) is 9.17. The first kappa shape index (κ1) is 15.7. The molecular weight excluding hydrogens is 256 g/mol. The lowest BCUT2D eigenvalue weighted by Gasteiger charge is -2.27. The molecule has 1 N–H and O–H groups in total. The topological polar surface area (TPSA) is 32.3 Å². The average molecular weight is 278 g/mol. The molecule has 0 radical (unpaired) electrons. The summed E-state index contributed by atoms with van der Waals surface area (Å²) in [4.78, 5) is 15.0. The number of rotatable bonds is 7. The zero-order valence-corrected chi connectivity index (χ0v) is 12.7.